The zero-order valence-corrected chi connectivity index (χ0v) is 15.2. The van der Waals surface area contributed by atoms with Gasteiger partial charge in [-0.25, -0.2) is 0 Å². The number of nitrogens with zero attached hydrogens (tertiary/aromatic N) is 2. The van der Waals surface area contributed by atoms with E-state index in [1.54, 1.807) is 0 Å². The second-order valence-corrected chi connectivity index (χ2v) is 6.76. The summed E-state index contributed by atoms with van der Waals surface area (Å²) in [5, 5.41) is 28.2. The van der Waals surface area contributed by atoms with Gasteiger partial charge in [-0.2, -0.15) is 0 Å². The van der Waals surface area contributed by atoms with Gasteiger partial charge >= 0.3 is 0 Å². The Morgan fingerprint density at radius 2 is 1.68 bits per heavy atom. The molecule has 0 radical (unpaired) electrons. The van der Waals surface area contributed by atoms with Crippen LogP contribution in [-0.4, -0.2) is 54.3 Å². The van der Waals surface area contributed by atoms with Gasteiger partial charge < -0.3 is 20.1 Å². The van der Waals surface area contributed by atoms with Crippen molar-refractivity contribution < 1.29 is 24.1 Å². The van der Waals surface area contributed by atoms with Gasteiger partial charge in [0, 0.05) is 32.4 Å². The normalized spacial score (nSPS) is 21.4. The third-order valence-electron chi connectivity index (χ3n) is 4.80. The molecule has 2 fully saturated rings. The number of hydrogen-bond donors (Lipinski definition) is 2. The van der Waals surface area contributed by atoms with Crippen LogP contribution < -0.4 is 10.6 Å². The summed E-state index contributed by atoms with van der Waals surface area (Å²) in [6.07, 6.45) is 3.15. The molecule has 0 unspecified atom stereocenters. The van der Waals surface area contributed by atoms with Crippen LogP contribution in [0.15, 0.2) is 12.1 Å². The van der Waals surface area contributed by atoms with E-state index in [0.717, 1.165) is 37.8 Å². The number of ether oxygens (including phenoxy) is 2. The lowest BCUT2D eigenvalue weighted by Crippen LogP contribution is -2.32. The van der Waals surface area contributed by atoms with Crippen molar-refractivity contribution in [2.75, 3.05) is 31.6 Å². The van der Waals surface area contributed by atoms with Crippen LogP contribution in [0.4, 0.5) is 17.1 Å². The Labute approximate surface area is 160 Å². The maximum Gasteiger partial charge on any atom is 0.300 e. The fraction of sp³-hybridized carbons (Fsp3) is 0.588. The van der Waals surface area contributed by atoms with Crippen molar-refractivity contribution in [2.24, 2.45) is 0 Å². The van der Waals surface area contributed by atoms with Gasteiger partial charge in [0.1, 0.15) is 5.69 Å². The molecule has 0 spiro atoms. The number of rotatable bonds is 8. The Kier molecular flexibility index (Phi) is 6.37. The summed E-state index contributed by atoms with van der Waals surface area (Å²) in [6, 6.07) is 1.91. The third kappa shape index (κ3) is 4.73. The summed E-state index contributed by atoms with van der Waals surface area (Å²) in [6.45, 7) is 1.74. The molecule has 0 bridgehead atoms. The Balaban J connectivity index is 1.87. The molecule has 2 atom stereocenters. The zero-order chi connectivity index (χ0) is 20.1. The lowest BCUT2D eigenvalue weighted by Gasteiger charge is -2.16. The Morgan fingerprint density at radius 3 is 2.21 bits per heavy atom. The lowest BCUT2D eigenvalue weighted by atomic mass is 10.1. The predicted molar refractivity (Wildman–Crippen MR) is 98.5 cm³/mol. The molecule has 2 saturated heterocycles. The fourth-order valence-electron chi connectivity index (χ4n) is 3.35. The van der Waals surface area contributed by atoms with E-state index in [4.69, 9.17) is 9.47 Å². The van der Waals surface area contributed by atoms with E-state index < -0.39 is 27.1 Å². The van der Waals surface area contributed by atoms with Gasteiger partial charge in [-0.15, -0.1) is 0 Å². The molecule has 2 aliphatic rings. The van der Waals surface area contributed by atoms with Crippen LogP contribution in [0.3, 0.4) is 0 Å². The van der Waals surface area contributed by atoms with Crippen LogP contribution in [0.25, 0.3) is 0 Å². The van der Waals surface area contributed by atoms with Crippen LogP contribution in [-0.2, 0) is 9.47 Å². The van der Waals surface area contributed by atoms with E-state index >= 15 is 0 Å². The van der Waals surface area contributed by atoms with Crippen LogP contribution >= 0.6 is 0 Å². The van der Waals surface area contributed by atoms with E-state index in [2.05, 4.69) is 10.6 Å². The van der Waals surface area contributed by atoms with E-state index in [0.29, 0.717) is 13.2 Å². The predicted octanol–water partition coefficient (Wildman–Crippen LogP) is 2.00. The standard InChI is InChI=1S/C17H22N4O7/c22-17(19-10-13-4-2-6-28-13)14-7-11(20(23)24)8-15(21(25)26)16(14)18-9-12-3-1-5-27-12/h7-8,12-13,18H,1-6,9-10H2,(H,19,22)/t12-,13+/m1/s1. The average Bonchev–Trinajstić information content (AvgIpc) is 3.37. The molecule has 0 saturated carbocycles. The maximum atomic E-state index is 12.7. The molecule has 3 rings (SSSR count). The quantitative estimate of drug-likeness (QED) is 0.503. The number of nitrogens with one attached hydrogen (secondary N) is 2. The summed E-state index contributed by atoms with van der Waals surface area (Å²) < 4.78 is 10.9. The van der Waals surface area contributed by atoms with Gasteiger partial charge in [0.2, 0.25) is 0 Å². The van der Waals surface area contributed by atoms with Crippen molar-refractivity contribution in [2.45, 2.75) is 37.9 Å². The van der Waals surface area contributed by atoms with E-state index in [-0.39, 0.29) is 36.5 Å². The molecular formula is C17H22N4O7. The molecule has 11 heteroatoms. The van der Waals surface area contributed by atoms with Crippen LogP contribution in [0.5, 0.6) is 0 Å². The highest BCUT2D eigenvalue weighted by Gasteiger charge is 2.29. The SMILES string of the molecule is O=C(NC[C@@H]1CCCO1)c1cc([N+](=O)[O-])cc([N+](=O)[O-])c1NC[C@H]1CCCO1. The highest BCUT2D eigenvalue weighted by molar-refractivity contribution is 6.02. The van der Waals surface area contributed by atoms with Crippen molar-refractivity contribution in [1.29, 1.82) is 0 Å². The summed E-state index contributed by atoms with van der Waals surface area (Å²) in [5.41, 5.74) is -1.22. The largest absolute Gasteiger partial charge is 0.376 e. The molecule has 2 N–H and O–H groups in total. The smallest absolute Gasteiger partial charge is 0.300 e. The Bertz CT molecular complexity index is 758. The van der Waals surface area contributed by atoms with E-state index in [1.807, 2.05) is 0 Å². The van der Waals surface area contributed by atoms with Gasteiger partial charge in [-0.1, -0.05) is 0 Å². The van der Waals surface area contributed by atoms with Crippen molar-refractivity contribution in [3.05, 3.63) is 37.9 Å². The van der Waals surface area contributed by atoms with Crippen molar-refractivity contribution in [1.82, 2.24) is 5.32 Å². The van der Waals surface area contributed by atoms with Crippen LogP contribution in [0.2, 0.25) is 0 Å². The topological polar surface area (TPSA) is 146 Å². The first-order valence-corrected chi connectivity index (χ1v) is 9.18. The van der Waals surface area contributed by atoms with Crippen molar-refractivity contribution in [3.63, 3.8) is 0 Å². The first-order chi connectivity index (χ1) is 13.5. The summed E-state index contributed by atoms with van der Waals surface area (Å²) >= 11 is 0. The first kappa shape index (κ1) is 20.0. The van der Waals surface area contributed by atoms with E-state index in [9.17, 15) is 25.0 Å². The van der Waals surface area contributed by atoms with Gasteiger partial charge in [-0.05, 0) is 25.7 Å². The zero-order valence-electron chi connectivity index (χ0n) is 15.2. The van der Waals surface area contributed by atoms with Gasteiger partial charge in [0.15, 0.2) is 0 Å². The van der Waals surface area contributed by atoms with Crippen LogP contribution in [0.1, 0.15) is 36.0 Å². The number of carbonyl (C=O) groups is 1. The monoisotopic (exact) mass is 394 g/mol. The molecule has 152 valence electrons. The van der Waals surface area contributed by atoms with Gasteiger partial charge in [0.25, 0.3) is 17.3 Å². The second kappa shape index (κ2) is 8.93. The highest BCUT2D eigenvalue weighted by Crippen LogP contribution is 2.34. The number of hydrogen-bond acceptors (Lipinski definition) is 8. The molecule has 1 amide bonds. The maximum absolute atomic E-state index is 12.7. The molecule has 2 aliphatic heterocycles. The van der Waals surface area contributed by atoms with Crippen molar-refractivity contribution >= 4 is 23.0 Å². The summed E-state index contributed by atoms with van der Waals surface area (Å²) in [4.78, 5) is 33.9. The fourth-order valence-corrected chi connectivity index (χ4v) is 3.35. The van der Waals surface area contributed by atoms with Gasteiger partial charge in [0.05, 0.1) is 33.7 Å². The molecule has 0 aliphatic carbocycles. The molecule has 1 aromatic rings. The molecule has 0 aromatic heterocycles. The summed E-state index contributed by atoms with van der Waals surface area (Å²) in [5.74, 6) is -0.628. The molecular weight excluding hydrogens is 372 g/mol. The number of carbonyl (C=O) groups excluding carboxylic acids is 1. The summed E-state index contributed by atoms with van der Waals surface area (Å²) in [7, 11) is 0. The minimum Gasteiger partial charge on any atom is -0.376 e. The number of amides is 1. The molecule has 11 nitrogen and oxygen atoms in total. The Morgan fingerprint density at radius 1 is 1.04 bits per heavy atom. The average molecular weight is 394 g/mol. The van der Waals surface area contributed by atoms with Crippen molar-refractivity contribution in [3.8, 4) is 0 Å². The highest BCUT2D eigenvalue weighted by atomic mass is 16.6. The lowest BCUT2D eigenvalue weighted by molar-refractivity contribution is -0.393. The Hall–Kier alpha value is -2.79. The third-order valence-corrected chi connectivity index (χ3v) is 4.80. The number of non-ortho nitro benzene ring substituents is 1. The second-order valence-electron chi connectivity index (χ2n) is 6.76. The number of nitro groups is 2. The van der Waals surface area contributed by atoms with E-state index in [1.165, 1.54) is 0 Å². The molecule has 2 heterocycles. The number of benzene rings is 1. The minimum absolute atomic E-state index is 0.0454. The molecule has 1 aromatic carbocycles. The van der Waals surface area contributed by atoms with Gasteiger partial charge in [-0.3, -0.25) is 25.0 Å². The first-order valence-electron chi connectivity index (χ1n) is 9.18. The molecule has 28 heavy (non-hydrogen) atoms. The minimum atomic E-state index is -0.756. The number of nitro benzene ring substituents is 2. The number of anilines is 1. The van der Waals surface area contributed by atoms with Crippen LogP contribution in [0, 0.1) is 20.2 Å².